The molecule has 0 spiro atoms. The predicted octanol–water partition coefficient (Wildman–Crippen LogP) is 2.95. The summed E-state index contributed by atoms with van der Waals surface area (Å²) in [7, 11) is -7.22. The SMILES string of the molecule is CCCCS(=O)(=O)C[C@@H](COC(=O)c1ccc(C)cc1)S(=O)(=O)CCCC. The Bertz CT molecular complexity index is 795. The molecular formula is C19H30O6S2. The summed E-state index contributed by atoms with van der Waals surface area (Å²) in [6, 6.07) is 6.69. The molecule has 6 nitrogen and oxygen atoms in total. The lowest BCUT2D eigenvalue weighted by molar-refractivity contribution is 0.0509. The largest absolute Gasteiger partial charge is 0.461 e. The molecule has 0 bridgehead atoms. The molecule has 0 aromatic heterocycles. The fourth-order valence-corrected chi connectivity index (χ4v) is 6.75. The molecule has 0 radical (unpaired) electrons. The third-order valence-electron chi connectivity index (χ3n) is 4.23. The maximum absolute atomic E-state index is 12.6. The van der Waals surface area contributed by atoms with E-state index in [4.69, 9.17) is 4.74 Å². The molecule has 0 saturated heterocycles. The van der Waals surface area contributed by atoms with Crippen molar-refractivity contribution in [3.8, 4) is 0 Å². The zero-order valence-electron chi connectivity index (χ0n) is 16.3. The number of rotatable bonds is 12. The lowest BCUT2D eigenvalue weighted by atomic mass is 10.1. The van der Waals surface area contributed by atoms with Crippen LogP contribution in [0.2, 0.25) is 0 Å². The quantitative estimate of drug-likeness (QED) is 0.484. The Hall–Kier alpha value is -1.41. The van der Waals surface area contributed by atoms with Crippen molar-refractivity contribution in [2.24, 2.45) is 0 Å². The van der Waals surface area contributed by atoms with E-state index in [0.717, 1.165) is 5.56 Å². The smallest absolute Gasteiger partial charge is 0.338 e. The molecule has 0 heterocycles. The molecule has 8 heteroatoms. The van der Waals surface area contributed by atoms with Crippen LogP contribution in [-0.4, -0.2) is 51.9 Å². The predicted molar refractivity (Wildman–Crippen MR) is 108 cm³/mol. The first-order valence-corrected chi connectivity index (χ1v) is 12.8. The Morgan fingerprint density at radius 3 is 2.07 bits per heavy atom. The van der Waals surface area contributed by atoms with Gasteiger partial charge in [0.25, 0.3) is 0 Å². The maximum Gasteiger partial charge on any atom is 0.338 e. The minimum Gasteiger partial charge on any atom is -0.461 e. The zero-order chi connectivity index (χ0) is 20.5. The maximum atomic E-state index is 12.6. The molecule has 0 amide bonds. The van der Waals surface area contributed by atoms with E-state index in [-0.39, 0.29) is 11.5 Å². The van der Waals surface area contributed by atoms with Gasteiger partial charge in [-0.3, -0.25) is 0 Å². The molecular weight excluding hydrogens is 388 g/mol. The fourth-order valence-electron chi connectivity index (χ4n) is 2.44. The van der Waals surface area contributed by atoms with Gasteiger partial charge in [0.1, 0.15) is 11.9 Å². The van der Waals surface area contributed by atoms with Crippen LogP contribution in [-0.2, 0) is 24.4 Å². The number of carbonyl (C=O) groups is 1. The van der Waals surface area contributed by atoms with E-state index in [2.05, 4.69) is 0 Å². The van der Waals surface area contributed by atoms with E-state index in [1.54, 1.807) is 24.3 Å². The van der Waals surface area contributed by atoms with Gasteiger partial charge in [0.05, 0.1) is 22.8 Å². The highest BCUT2D eigenvalue weighted by atomic mass is 32.2. The van der Waals surface area contributed by atoms with Gasteiger partial charge >= 0.3 is 5.97 Å². The summed E-state index contributed by atoms with van der Waals surface area (Å²) in [5, 5.41) is -1.24. The third-order valence-corrected chi connectivity index (χ3v) is 8.43. The van der Waals surface area contributed by atoms with Crippen LogP contribution < -0.4 is 0 Å². The number of carbonyl (C=O) groups excluding carboxylic acids is 1. The van der Waals surface area contributed by atoms with Crippen molar-refractivity contribution in [2.75, 3.05) is 23.9 Å². The number of unbranched alkanes of at least 4 members (excludes halogenated alkanes) is 2. The van der Waals surface area contributed by atoms with E-state index < -0.39 is 43.3 Å². The Labute approximate surface area is 163 Å². The van der Waals surface area contributed by atoms with Gasteiger partial charge in [-0.15, -0.1) is 0 Å². The number of hydrogen-bond donors (Lipinski definition) is 0. The Kier molecular flexibility index (Phi) is 9.45. The van der Waals surface area contributed by atoms with E-state index in [9.17, 15) is 21.6 Å². The van der Waals surface area contributed by atoms with Crippen LogP contribution in [0.1, 0.15) is 55.5 Å². The van der Waals surface area contributed by atoms with E-state index in [1.165, 1.54) is 0 Å². The normalized spacial score (nSPS) is 13.3. The van der Waals surface area contributed by atoms with Crippen molar-refractivity contribution >= 4 is 25.6 Å². The highest BCUT2D eigenvalue weighted by molar-refractivity contribution is 7.95. The van der Waals surface area contributed by atoms with Crippen molar-refractivity contribution in [3.05, 3.63) is 35.4 Å². The summed E-state index contributed by atoms with van der Waals surface area (Å²) in [6.45, 7) is 5.16. The molecule has 154 valence electrons. The summed E-state index contributed by atoms with van der Waals surface area (Å²) in [5.74, 6) is -1.34. The van der Waals surface area contributed by atoms with Gasteiger partial charge in [0.2, 0.25) is 0 Å². The number of ether oxygens (including phenoxy) is 1. The average molecular weight is 419 g/mol. The van der Waals surface area contributed by atoms with Crippen LogP contribution in [0.5, 0.6) is 0 Å². The van der Waals surface area contributed by atoms with Crippen molar-refractivity contribution in [1.29, 1.82) is 0 Å². The molecule has 0 aliphatic carbocycles. The first-order chi connectivity index (χ1) is 12.6. The number of sulfone groups is 2. The molecule has 0 aliphatic rings. The van der Waals surface area contributed by atoms with Gasteiger partial charge in [-0.1, -0.05) is 44.4 Å². The average Bonchev–Trinajstić information content (AvgIpc) is 2.62. The Balaban J connectivity index is 2.90. The minimum atomic E-state index is -3.68. The van der Waals surface area contributed by atoms with E-state index in [0.29, 0.717) is 31.2 Å². The van der Waals surface area contributed by atoms with E-state index in [1.807, 2.05) is 20.8 Å². The first-order valence-electron chi connectivity index (χ1n) is 9.27. The molecule has 1 atom stereocenters. The van der Waals surface area contributed by atoms with Gasteiger partial charge in [-0.25, -0.2) is 21.6 Å². The summed E-state index contributed by atoms with van der Waals surface area (Å²) in [4.78, 5) is 12.2. The van der Waals surface area contributed by atoms with Gasteiger partial charge in [0.15, 0.2) is 19.7 Å². The Morgan fingerprint density at radius 1 is 0.963 bits per heavy atom. The fraction of sp³-hybridized carbons (Fsp3) is 0.632. The number of hydrogen-bond acceptors (Lipinski definition) is 6. The minimum absolute atomic E-state index is 0.0603. The second-order valence-electron chi connectivity index (χ2n) is 6.77. The van der Waals surface area contributed by atoms with Crippen LogP contribution >= 0.6 is 0 Å². The highest BCUT2D eigenvalue weighted by Crippen LogP contribution is 2.13. The first kappa shape index (κ1) is 23.6. The second-order valence-corrected chi connectivity index (χ2v) is 11.4. The monoisotopic (exact) mass is 418 g/mol. The van der Waals surface area contributed by atoms with Gasteiger partial charge in [-0.05, 0) is 31.9 Å². The lowest BCUT2D eigenvalue weighted by Crippen LogP contribution is -2.37. The van der Waals surface area contributed by atoms with E-state index >= 15 is 0 Å². The topological polar surface area (TPSA) is 94.6 Å². The van der Waals surface area contributed by atoms with Crippen LogP contribution in [0.4, 0.5) is 0 Å². The van der Waals surface area contributed by atoms with Crippen molar-refractivity contribution in [3.63, 3.8) is 0 Å². The zero-order valence-corrected chi connectivity index (χ0v) is 17.9. The van der Waals surface area contributed by atoms with Crippen LogP contribution in [0.3, 0.4) is 0 Å². The number of esters is 1. The summed E-state index contributed by atoms with van der Waals surface area (Å²) in [5.41, 5.74) is 1.28. The van der Waals surface area contributed by atoms with Gasteiger partial charge < -0.3 is 4.74 Å². The molecule has 0 saturated carbocycles. The molecule has 0 aliphatic heterocycles. The van der Waals surface area contributed by atoms with Crippen molar-refractivity contribution < 1.29 is 26.4 Å². The summed E-state index contributed by atoms with van der Waals surface area (Å²) >= 11 is 0. The second kappa shape index (κ2) is 10.8. The van der Waals surface area contributed by atoms with Crippen molar-refractivity contribution in [1.82, 2.24) is 0 Å². The number of aryl methyl sites for hydroxylation is 1. The van der Waals surface area contributed by atoms with Crippen LogP contribution in [0.25, 0.3) is 0 Å². The molecule has 27 heavy (non-hydrogen) atoms. The van der Waals surface area contributed by atoms with Crippen molar-refractivity contribution in [2.45, 2.75) is 51.7 Å². The van der Waals surface area contributed by atoms with Gasteiger partial charge in [-0.2, -0.15) is 0 Å². The van der Waals surface area contributed by atoms with Crippen LogP contribution in [0, 0.1) is 6.92 Å². The highest BCUT2D eigenvalue weighted by Gasteiger charge is 2.31. The summed E-state index contributed by atoms with van der Waals surface area (Å²) in [6.07, 6.45) is 2.31. The molecule has 1 aromatic carbocycles. The van der Waals surface area contributed by atoms with Crippen LogP contribution in [0.15, 0.2) is 24.3 Å². The lowest BCUT2D eigenvalue weighted by Gasteiger charge is -2.18. The molecule has 1 aromatic rings. The third kappa shape index (κ3) is 8.43. The molecule has 0 unspecified atom stereocenters. The molecule has 0 N–H and O–H groups in total. The standard InChI is InChI=1S/C19H30O6S2/c1-4-6-12-26(21,22)15-18(27(23,24)13-7-5-2)14-25-19(20)17-10-8-16(3)9-11-17/h8-11,18H,4-7,12-15H2,1-3H3/t18-/m1/s1. The Morgan fingerprint density at radius 2 is 1.52 bits per heavy atom. The summed E-state index contributed by atoms with van der Waals surface area (Å²) < 4.78 is 54.9. The number of benzene rings is 1. The molecule has 0 fully saturated rings. The molecule has 1 rings (SSSR count). The van der Waals surface area contributed by atoms with Gasteiger partial charge in [0, 0.05) is 0 Å².